The zero-order valence-electron chi connectivity index (χ0n) is 20.6. The number of nitriles is 1. The van der Waals surface area contributed by atoms with Gasteiger partial charge in [0, 0.05) is 48.1 Å². The van der Waals surface area contributed by atoms with E-state index in [9.17, 15) is 5.26 Å². The van der Waals surface area contributed by atoms with Crippen molar-refractivity contribution in [3.8, 4) is 6.07 Å². The molecule has 2 aliphatic heterocycles. The molecule has 5 rings (SSSR count). The summed E-state index contributed by atoms with van der Waals surface area (Å²) >= 11 is 12.5. The molecule has 2 fully saturated rings. The van der Waals surface area contributed by atoms with Crippen LogP contribution in [0.25, 0.3) is 0 Å². The van der Waals surface area contributed by atoms with Crippen LogP contribution in [0.4, 0.5) is 11.6 Å². The first-order valence-corrected chi connectivity index (χ1v) is 13.2. The molecule has 0 spiro atoms. The van der Waals surface area contributed by atoms with E-state index in [1.807, 2.05) is 25.3 Å². The highest BCUT2D eigenvalue weighted by molar-refractivity contribution is 6.35. The van der Waals surface area contributed by atoms with Crippen molar-refractivity contribution in [2.45, 2.75) is 32.4 Å². The van der Waals surface area contributed by atoms with E-state index in [4.69, 9.17) is 33.6 Å². The third-order valence-electron chi connectivity index (χ3n) is 7.28. The van der Waals surface area contributed by atoms with Gasteiger partial charge in [0.25, 0.3) is 0 Å². The molecule has 0 amide bonds. The number of aromatic amines is 1. The predicted molar refractivity (Wildman–Crippen MR) is 145 cm³/mol. The number of nitrogens with zero attached hydrogens (tertiary/aromatic N) is 6. The van der Waals surface area contributed by atoms with Crippen molar-refractivity contribution in [1.82, 2.24) is 24.8 Å². The summed E-state index contributed by atoms with van der Waals surface area (Å²) in [6, 6.07) is 6.97. The first kappa shape index (κ1) is 25.5. The summed E-state index contributed by atoms with van der Waals surface area (Å²) in [6.45, 7) is 6.91. The molecule has 2 aromatic heterocycles. The van der Waals surface area contributed by atoms with Gasteiger partial charge in [0.05, 0.1) is 18.6 Å². The molecule has 2 saturated heterocycles. The molecule has 2 atom stereocenters. The molecular formula is C26H29Cl2N9. The van der Waals surface area contributed by atoms with Gasteiger partial charge in [0.2, 0.25) is 0 Å². The smallest absolute Gasteiger partial charge is 0.161 e. The Morgan fingerprint density at radius 1 is 1.27 bits per heavy atom. The number of benzene rings is 1. The number of halogens is 2. The third kappa shape index (κ3) is 5.72. The minimum absolute atomic E-state index is 0.224. The van der Waals surface area contributed by atoms with Gasteiger partial charge in [-0.3, -0.25) is 10.3 Å². The Kier molecular flexibility index (Phi) is 7.60. The Hall–Kier alpha value is -3.19. The van der Waals surface area contributed by atoms with Crippen LogP contribution >= 0.6 is 23.2 Å². The number of imidazole rings is 1. The fourth-order valence-corrected chi connectivity index (χ4v) is 5.81. The molecule has 0 unspecified atom stereocenters. The number of H-pyrrole nitrogens is 1. The molecule has 0 radical (unpaired) electrons. The Balaban J connectivity index is 1.26. The number of hydrogen-bond acceptors (Lipinski definition) is 8. The van der Waals surface area contributed by atoms with Gasteiger partial charge in [-0.05, 0) is 55.8 Å². The van der Waals surface area contributed by atoms with Crippen LogP contribution in [0.15, 0.2) is 36.9 Å². The molecule has 3 aromatic rings. The quantitative estimate of drug-likeness (QED) is 0.348. The van der Waals surface area contributed by atoms with Gasteiger partial charge in [-0.15, -0.1) is 0 Å². The maximum Gasteiger partial charge on any atom is 0.161 e. The molecule has 0 aliphatic carbocycles. The molecule has 0 saturated carbocycles. The molecule has 3 N–H and O–H groups in total. The zero-order valence-corrected chi connectivity index (χ0v) is 22.1. The van der Waals surface area contributed by atoms with Crippen LogP contribution in [0.5, 0.6) is 0 Å². The summed E-state index contributed by atoms with van der Waals surface area (Å²) in [6.07, 6.45) is 7.75. The molecule has 37 heavy (non-hydrogen) atoms. The minimum Gasteiger partial charge on any atom is -0.362 e. The van der Waals surface area contributed by atoms with E-state index in [2.05, 4.69) is 30.1 Å². The molecule has 9 nitrogen and oxygen atoms in total. The number of piperidine rings is 1. The topological polar surface area (TPSA) is 121 Å². The van der Waals surface area contributed by atoms with E-state index in [1.54, 1.807) is 24.7 Å². The lowest BCUT2D eigenvalue weighted by molar-refractivity contribution is 0.113. The van der Waals surface area contributed by atoms with Crippen LogP contribution < -0.4 is 10.2 Å². The maximum atomic E-state index is 9.33. The Morgan fingerprint density at radius 2 is 2.11 bits per heavy atom. The maximum absolute atomic E-state index is 9.33. The second-order valence-corrected chi connectivity index (χ2v) is 10.7. The second kappa shape index (κ2) is 11.1. The minimum atomic E-state index is -0.239. The number of likely N-dealkylation sites (tertiary alicyclic amines) is 1. The normalized spacial score (nSPS) is 19.2. The van der Waals surface area contributed by atoms with E-state index in [1.165, 1.54) is 12.8 Å². The largest absolute Gasteiger partial charge is 0.362 e. The first-order chi connectivity index (χ1) is 17.9. The highest BCUT2D eigenvalue weighted by atomic mass is 35.5. The monoisotopic (exact) mass is 537 g/mol. The lowest BCUT2D eigenvalue weighted by Crippen LogP contribution is -2.53. The van der Waals surface area contributed by atoms with E-state index in [0.29, 0.717) is 27.7 Å². The van der Waals surface area contributed by atoms with Crippen LogP contribution in [0.3, 0.4) is 0 Å². The fourth-order valence-electron chi connectivity index (χ4n) is 5.23. The molecular weight excluding hydrogens is 509 g/mol. The number of rotatable bonds is 8. The van der Waals surface area contributed by atoms with Crippen molar-refractivity contribution >= 4 is 40.5 Å². The molecule has 0 bridgehead atoms. The predicted octanol–water partition coefficient (Wildman–Crippen LogP) is 4.92. The average Bonchev–Trinajstić information content (AvgIpc) is 3.36. The van der Waals surface area contributed by atoms with Crippen molar-refractivity contribution in [2.24, 2.45) is 11.8 Å². The molecule has 2 aliphatic rings. The van der Waals surface area contributed by atoms with Crippen LogP contribution in [-0.4, -0.2) is 56.7 Å². The van der Waals surface area contributed by atoms with E-state index in [-0.39, 0.29) is 17.4 Å². The van der Waals surface area contributed by atoms with Gasteiger partial charge >= 0.3 is 0 Å². The van der Waals surface area contributed by atoms with Gasteiger partial charge in [0.15, 0.2) is 11.5 Å². The number of anilines is 2. The van der Waals surface area contributed by atoms with Gasteiger partial charge in [-0.1, -0.05) is 29.3 Å². The highest BCUT2D eigenvalue weighted by Gasteiger charge is 2.37. The van der Waals surface area contributed by atoms with E-state index in [0.717, 1.165) is 49.8 Å². The van der Waals surface area contributed by atoms with Gasteiger partial charge in [-0.2, -0.15) is 5.26 Å². The van der Waals surface area contributed by atoms with Gasteiger partial charge in [-0.25, -0.2) is 15.0 Å². The summed E-state index contributed by atoms with van der Waals surface area (Å²) in [5.41, 5.74) is 1.98. The second-order valence-electron chi connectivity index (χ2n) is 9.82. The SMILES string of the molecule is C[C@@H](Nc1nc(N2CC([C@H]3CCCN(Cc4cnc[nH]4)C3)C2)cnc1C(=N)C#N)c1ccc(Cl)cc1Cl. The standard InChI is InChI=1S/C26H29Cl2N9/c1-16(21-5-4-19(27)7-22(21)28)34-26-25(23(30)8-29)32-10-24(35-26)37-12-18(13-37)17-3-2-6-36(11-17)14-20-9-31-15-33-20/h4-5,7,9-10,15-18,30H,2-3,6,11-14H2,1H3,(H,31,33)(H,34,35)/t16-,17+/m1/s1. The first-order valence-electron chi connectivity index (χ1n) is 12.4. The van der Waals surface area contributed by atoms with Crippen molar-refractivity contribution in [3.05, 3.63) is 63.9 Å². The van der Waals surface area contributed by atoms with Crippen molar-refractivity contribution in [2.75, 3.05) is 36.4 Å². The Bertz CT molecular complexity index is 1300. The third-order valence-corrected chi connectivity index (χ3v) is 7.84. The fraction of sp³-hybridized carbons (Fsp3) is 0.423. The molecule has 1 aromatic carbocycles. The number of nitrogens with one attached hydrogen (secondary N) is 3. The summed E-state index contributed by atoms with van der Waals surface area (Å²) in [7, 11) is 0. The lowest BCUT2D eigenvalue weighted by atomic mass is 9.80. The molecule has 4 heterocycles. The van der Waals surface area contributed by atoms with Crippen LogP contribution in [0.1, 0.15) is 42.8 Å². The van der Waals surface area contributed by atoms with Crippen molar-refractivity contribution in [1.29, 1.82) is 10.7 Å². The van der Waals surface area contributed by atoms with E-state index < -0.39 is 0 Å². The van der Waals surface area contributed by atoms with Crippen LogP contribution in [0.2, 0.25) is 10.0 Å². The highest BCUT2D eigenvalue weighted by Crippen LogP contribution is 2.35. The zero-order chi connectivity index (χ0) is 25.9. The summed E-state index contributed by atoms with van der Waals surface area (Å²) in [4.78, 5) is 21.3. The summed E-state index contributed by atoms with van der Waals surface area (Å²) in [5.74, 6) is 2.39. The number of hydrogen-bond donors (Lipinski definition) is 3. The summed E-state index contributed by atoms with van der Waals surface area (Å²) in [5, 5.41) is 21.8. The summed E-state index contributed by atoms with van der Waals surface area (Å²) < 4.78 is 0. The van der Waals surface area contributed by atoms with Crippen LogP contribution in [-0.2, 0) is 6.54 Å². The Morgan fingerprint density at radius 3 is 2.84 bits per heavy atom. The molecule has 11 heteroatoms. The van der Waals surface area contributed by atoms with Gasteiger partial charge < -0.3 is 15.2 Å². The van der Waals surface area contributed by atoms with Crippen molar-refractivity contribution in [3.63, 3.8) is 0 Å². The average molecular weight is 538 g/mol. The van der Waals surface area contributed by atoms with Crippen molar-refractivity contribution < 1.29 is 0 Å². The van der Waals surface area contributed by atoms with Crippen LogP contribution in [0, 0.1) is 28.6 Å². The lowest BCUT2D eigenvalue weighted by Gasteiger charge is -2.47. The Labute approximate surface area is 226 Å². The van der Waals surface area contributed by atoms with E-state index >= 15 is 0 Å². The van der Waals surface area contributed by atoms with Gasteiger partial charge in [0.1, 0.15) is 17.6 Å². The molecule has 192 valence electrons. The number of aromatic nitrogens is 4.